The van der Waals surface area contributed by atoms with Crippen LogP contribution in [0.25, 0.3) is 6.08 Å². The molecule has 0 bridgehead atoms. The fraction of sp³-hybridized carbons (Fsp3) is 0.154. The molecule has 0 N–H and O–H groups in total. The van der Waals surface area contributed by atoms with E-state index in [1.807, 2.05) is 0 Å². The Kier molecular flexibility index (Phi) is 7.70. The molecule has 0 saturated heterocycles. The molecule has 0 aliphatic heterocycles. The SMILES string of the molecule is COc1ccc(OC)c(C(=O)/C=C/c2ccc(OC(=O)c3ccccc3OC)c(OC)c2)c1. The monoisotopic (exact) mass is 448 g/mol. The molecule has 7 heteroatoms. The number of ketones is 1. The van der Waals surface area contributed by atoms with E-state index in [1.54, 1.807) is 66.7 Å². The van der Waals surface area contributed by atoms with E-state index in [2.05, 4.69) is 0 Å². The zero-order valence-corrected chi connectivity index (χ0v) is 18.8. The first kappa shape index (κ1) is 23.4. The summed E-state index contributed by atoms with van der Waals surface area (Å²) in [5, 5.41) is 0. The average Bonchev–Trinajstić information content (AvgIpc) is 2.87. The van der Waals surface area contributed by atoms with E-state index in [4.69, 9.17) is 23.7 Å². The van der Waals surface area contributed by atoms with Gasteiger partial charge in [0.05, 0.1) is 34.0 Å². The summed E-state index contributed by atoms with van der Waals surface area (Å²) in [5.74, 6) is 1.16. The van der Waals surface area contributed by atoms with Crippen LogP contribution in [0.15, 0.2) is 66.7 Å². The number of esters is 1. The lowest BCUT2D eigenvalue weighted by molar-refractivity contribution is 0.0726. The van der Waals surface area contributed by atoms with Gasteiger partial charge < -0.3 is 23.7 Å². The molecule has 0 heterocycles. The Balaban J connectivity index is 1.80. The number of carbonyl (C=O) groups excluding carboxylic acids is 2. The van der Waals surface area contributed by atoms with Crippen LogP contribution in [-0.2, 0) is 0 Å². The summed E-state index contributed by atoms with van der Waals surface area (Å²) in [5.41, 5.74) is 1.35. The van der Waals surface area contributed by atoms with Gasteiger partial charge in [0, 0.05) is 0 Å². The van der Waals surface area contributed by atoms with Crippen LogP contribution in [0.5, 0.6) is 28.7 Å². The first-order valence-electron chi connectivity index (χ1n) is 9.98. The van der Waals surface area contributed by atoms with Gasteiger partial charge in [-0.3, -0.25) is 4.79 Å². The van der Waals surface area contributed by atoms with Crippen molar-refractivity contribution in [3.63, 3.8) is 0 Å². The summed E-state index contributed by atoms with van der Waals surface area (Å²) in [6, 6.07) is 16.8. The lowest BCUT2D eigenvalue weighted by atomic mass is 10.1. The Morgan fingerprint density at radius 1 is 0.667 bits per heavy atom. The molecule has 0 aliphatic rings. The van der Waals surface area contributed by atoms with E-state index in [-0.39, 0.29) is 11.5 Å². The minimum absolute atomic E-state index is 0.242. The molecular weight excluding hydrogens is 424 g/mol. The summed E-state index contributed by atoms with van der Waals surface area (Å²) in [6.45, 7) is 0. The van der Waals surface area contributed by atoms with Crippen molar-refractivity contribution in [3.8, 4) is 28.7 Å². The molecule has 170 valence electrons. The van der Waals surface area contributed by atoms with Gasteiger partial charge >= 0.3 is 5.97 Å². The Hall–Kier alpha value is -4.26. The summed E-state index contributed by atoms with van der Waals surface area (Å²) < 4.78 is 26.6. The lowest BCUT2D eigenvalue weighted by Gasteiger charge is -2.11. The number of hydrogen-bond donors (Lipinski definition) is 0. The topological polar surface area (TPSA) is 80.3 Å². The van der Waals surface area contributed by atoms with E-state index >= 15 is 0 Å². The Morgan fingerprint density at radius 3 is 2.03 bits per heavy atom. The number of benzene rings is 3. The van der Waals surface area contributed by atoms with Crippen LogP contribution in [0.4, 0.5) is 0 Å². The fourth-order valence-electron chi connectivity index (χ4n) is 3.11. The maximum atomic E-state index is 12.7. The van der Waals surface area contributed by atoms with Gasteiger partial charge in [-0.15, -0.1) is 0 Å². The Morgan fingerprint density at radius 2 is 1.33 bits per heavy atom. The second-order valence-corrected chi connectivity index (χ2v) is 6.76. The van der Waals surface area contributed by atoms with Gasteiger partial charge in [-0.05, 0) is 54.1 Å². The first-order valence-corrected chi connectivity index (χ1v) is 9.98. The Bertz CT molecular complexity index is 1180. The summed E-state index contributed by atoms with van der Waals surface area (Å²) in [6.07, 6.45) is 3.06. The Labute approximate surface area is 192 Å². The molecule has 3 aromatic rings. The van der Waals surface area contributed by atoms with Gasteiger partial charge in [0.2, 0.25) is 0 Å². The van der Waals surface area contributed by atoms with Crippen LogP contribution in [-0.4, -0.2) is 40.2 Å². The third-order valence-electron chi connectivity index (χ3n) is 4.82. The second-order valence-electron chi connectivity index (χ2n) is 6.76. The molecule has 3 aromatic carbocycles. The lowest BCUT2D eigenvalue weighted by Crippen LogP contribution is -2.10. The van der Waals surface area contributed by atoms with Gasteiger partial charge in [-0.1, -0.05) is 24.3 Å². The number of ether oxygens (including phenoxy) is 5. The van der Waals surface area contributed by atoms with Crippen molar-refractivity contribution in [1.29, 1.82) is 0 Å². The van der Waals surface area contributed by atoms with E-state index in [0.29, 0.717) is 39.7 Å². The number of methoxy groups -OCH3 is 4. The number of allylic oxidation sites excluding steroid dienone is 1. The summed E-state index contributed by atoms with van der Waals surface area (Å²) >= 11 is 0. The normalized spacial score (nSPS) is 10.5. The predicted octanol–water partition coefficient (Wildman–Crippen LogP) is 4.84. The highest BCUT2D eigenvalue weighted by Crippen LogP contribution is 2.31. The molecule has 0 spiro atoms. The van der Waals surface area contributed by atoms with Crippen molar-refractivity contribution in [2.24, 2.45) is 0 Å². The van der Waals surface area contributed by atoms with Crippen LogP contribution >= 0.6 is 0 Å². The van der Waals surface area contributed by atoms with Crippen LogP contribution < -0.4 is 23.7 Å². The highest BCUT2D eigenvalue weighted by Gasteiger charge is 2.17. The number of hydrogen-bond acceptors (Lipinski definition) is 7. The number of para-hydroxylation sites is 1. The van der Waals surface area contributed by atoms with Gasteiger partial charge in [-0.25, -0.2) is 4.79 Å². The van der Waals surface area contributed by atoms with Crippen molar-refractivity contribution < 1.29 is 33.3 Å². The summed E-state index contributed by atoms with van der Waals surface area (Å²) in [7, 11) is 5.98. The van der Waals surface area contributed by atoms with E-state index in [1.165, 1.54) is 34.5 Å². The maximum absolute atomic E-state index is 12.7. The summed E-state index contributed by atoms with van der Waals surface area (Å²) in [4.78, 5) is 25.3. The third kappa shape index (κ3) is 5.51. The van der Waals surface area contributed by atoms with E-state index < -0.39 is 5.97 Å². The minimum Gasteiger partial charge on any atom is -0.497 e. The molecule has 0 unspecified atom stereocenters. The predicted molar refractivity (Wildman–Crippen MR) is 124 cm³/mol. The molecule has 0 radical (unpaired) electrons. The molecule has 0 fully saturated rings. The zero-order valence-electron chi connectivity index (χ0n) is 18.8. The number of rotatable bonds is 9. The van der Waals surface area contributed by atoms with Gasteiger partial charge in [0.1, 0.15) is 22.8 Å². The minimum atomic E-state index is -0.575. The van der Waals surface area contributed by atoms with Crippen LogP contribution in [0.3, 0.4) is 0 Å². The largest absolute Gasteiger partial charge is 0.497 e. The molecule has 0 amide bonds. The quantitative estimate of drug-likeness (QED) is 0.201. The smallest absolute Gasteiger partial charge is 0.347 e. The van der Waals surface area contributed by atoms with Gasteiger partial charge in [-0.2, -0.15) is 0 Å². The fourth-order valence-corrected chi connectivity index (χ4v) is 3.11. The van der Waals surface area contributed by atoms with Crippen LogP contribution in [0, 0.1) is 0 Å². The molecule has 0 aromatic heterocycles. The molecule has 0 atom stereocenters. The van der Waals surface area contributed by atoms with E-state index in [9.17, 15) is 9.59 Å². The zero-order chi connectivity index (χ0) is 23.8. The van der Waals surface area contributed by atoms with Crippen LogP contribution in [0.2, 0.25) is 0 Å². The molecule has 33 heavy (non-hydrogen) atoms. The number of carbonyl (C=O) groups is 2. The van der Waals surface area contributed by atoms with Crippen molar-refractivity contribution in [2.45, 2.75) is 0 Å². The third-order valence-corrected chi connectivity index (χ3v) is 4.82. The standard InChI is InChI=1S/C26H24O7/c1-29-18-11-14-23(31-3)20(16-18)21(27)12-9-17-10-13-24(25(15-17)32-4)33-26(28)19-7-5-6-8-22(19)30-2/h5-16H,1-4H3/b12-9+. The van der Waals surface area contributed by atoms with Crippen molar-refractivity contribution in [2.75, 3.05) is 28.4 Å². The first-order chi connectivity index (χ1) is 16.0. The molecular formula is C26H24O7. The molecule has 0 saturated carbocycles. The molecule has 0 aliphatic carbocycles. The van der Waals surface area contributed by atoms with Crippen molar-refractivity contribution in [3.05, 3.63) is 83.4 Å². The highest BCUT2D eigenvalue weighted by molar-refractivity contribution is 6.09. The van der Waals surface area contributed by atoms with Crippen molar-refractivity contribution in [1.82, 2.24) is 0 Å². The maximum Gasteiger partial charge on any atom is 0.347 e. The molecule has 7 nitrogen and oxygen atoms in total. The van der Waals surface area contributed by atoms with Gasteiger partial charge in [0.15, 0.2) is 17.3 Å². The van der Waals surface area contributed by atoms with Gasteiger partial charge in [0.25, 0.3) is 0 Å². The molecule has 3 rings (SSSR count). The van der Waals surface area contributed by atoms with Crippen LogP contribution in [0.1, 0.15) is 26.3 Å². The van der Waals surface area contributed by atoms with E-state index in [0.717, 1.165) is 0 Å². The van der Waals surface area contributed by atoms with Crippen molar-refractivity contribution >= 4 is 17.8 Å². The average molecular weight is 448 g/mol. The second kappa shape index (κ2) is 10.9. The highest BCUT2D eigenvalue weighted by atomic mass is 16.6.